The summed E-state index contributed by atoms with van der Waals surface area (Å²) in [5.41, 5.74) is 0.375. The molecule has 0 bridgehead atoms. The number of nitrogens with one attached hydrogen (secondary N) is 2. The van der Waals surface area contributed by atoms with E-state index in [4.69, 9.17) is 23.2 Å². The molecule has 2 N–H and O–H groups in total. The molecule has 0 aliphatic carbocycles. The van der Waals surface area contributed by atoms with Crippen LogP contribution in [0.25, 0.3) is 0 Å². The molecule has 0 saturated carbocycles. The van der Waals surface area contributed by atoms with Crippen LogP contribution in [0, 0.1) is 0 Å². The molecule has 9 heteroatoms. The number of halogens is 5. The number of carbonyl (C=O) groups is 2. The highest BCUT2D eigenvalue weighted by atomic mass is 35.5. The van der Waals surface area contributed by atoms with Gasteiger partial charge in [0.05, 0.1) is 10.6 Å². The van der Waals surface area contributed by atoms with Gasteiger partial charge in [-0.1, -0.05) is 41.4 Å². The number of benzene rings is 2. The molecule has 25 heavy (non-hydrogen) atoms. The second kappa shape index (κ2) is 7.76. The fourth-order valence-corrected chi connectivity index (χ4v) is 2.31. The number of hydrogen-bond acceptors (Lipinski definition) is 2. The van der Waals surface area contributed by atoms with Crippen molar-refractivity contribution in [2.24, 2.45) is 0 Å². The zero-order chi connectivity index (χ0) is 18.6. The van der Waals surface area contributed by atoms with Crippen molar-refractivity contribution in [1.82, 2.24) is 5.32 Å². The summed E-state index contributed by atoms with van der Waals surface area (Å²) in [5, 5.41) is 4.79. The highest BCUT2D eigenvalue weighted by Gasteiger charge is 2.38. The molecule has 0 heterocycles. The molecule has 2 aromatic carbocycles. The van der Waals surface area contributed by atoms with E-state index in [1.807, 2.05) is 0 Å². The fraction of sp³-hybridized carbons (Fsp3) is 0.125. The molecule has 0 fully saturated rings. The summed E-state index contributed by atoms with van der Waals surface area (Å²) in [5.74, 6) is -2.64. The largest absolute Gasteiger partial charge is 0.471 e. The second-order valence-electron chi connectivity index (χ2n) is 4.92. The van der Waals surface area contributed by atoms with Gasteiger partial charge in [0.15, 0.2) is 0 Å². The lowest BCUT2D eigenvalue weighted by atomic mass is 10.1. The molecule has 0 spiro atoms. The van der Waals surface area contributed by atoms with E-state index in [9.17, 15) is 22.8 Å². The third kappa shape index (κ3) is 5.11. The van der Waals surface area contributed by atoms with Crippen molar-refractivity contribution in [3.63, 3.8) is 0 Å². The first kappa shape index (κ1) is 19.1. The average molecular weight is 391 g/mol. The first-order valence-corrected chi connectivity index (χ1v) is 7.63. The van der Waals surface area contributed by atoms with Crippen LogP contribution < -0.4 is 10.6 Å². The maximum atomic E-state index is 12.4. The van der Waals surface area contributed by atoms with E-state index in [-0.39, 0.29) is 22.8 Å². The first-order valence-electron chi connectivity index (χ1n) is 6.88. The van der Waals surface area contributed by atoms with Crippen LogP contribution in [-0.2, 0) is 11.3 Å². The van der Waals surface area contributed by atoms with Gasteiger partial charge >= 0.3 is 12.1 Å². The summed E-state index contributed by atoms with van der Waals surface area (Å²) in [6.07, 6.45) is -5.01. The van der Waals surface area contributed by atoms with Crippen molar-refractivity contribution in [2.45, 2.75) is 12.7 Å². The Bertz CT molecular complexity index is 810. The Kier molecular flexibility index (Phi) is 5.92. The Balaban J connectivity index is 2.12. The number of alkyl halides is 3. The van der Waals surface area contributed by atoms with E-state index in [1.165, 1.54) is 36.4 Å². The van der Waals surface area contributed by atoms with Gasteiger partial charge in [0.25, 0.3) is 5.91 Å². The molecule has 0 radical (unpaired) electrons. The Labute approximate surface area is 150 Å². The number of para-hydroxylation sites is 1. The van der Waals surface area contributed by atoms with Gasteiger partial charge < -0.3 is 10.6 Å². The molecule has 0 aromatic heterocycles. The van der Waals surface area contributed by atoms with Gasteiger partial charge in [0, 0.05) is 17.3 Å². The van der Waals surface area contributed by atoms with Gasteiger partial charge in [-0.05, 0) is 29.8 Å². The van der Waals surface area contributed by atoms with Crippen LogP contribution in [-0.4, -0.2) is 18.0 Å². The number of rotatable bonds is 4. The summed E-state index contributed by atoms with van der Waals surface area (Å²) in [6.45, 7) is -0.115. The van der Waals surface area contributed by atoms with Crippen molar-refractivity contribution < 1.29 is 22.8 Å². The molecular weight excluding hydrogens is 380 g/mol. The van der Waals surface area contributed by atoms with E-state index >= 15 is 0 Å². The Morgan fingerprint density at radius 3 is 2.40 bits per heavy atom. The van der Waals surface area contributed by atoms with E-state index < -0.39 is 18.0 Å². The summed E-state index contributed by atoms with van der Waals surface area (Å²) in [4.78, 5) is 23.2. The average Bonchev–Trinajstić information content (AvgIpc) is 2.55. The SMILES string of the molecule is O=C(NCc1ccccc1NC(=O)C(F)(F)F)c1cc(Cl)ccc1Cl. The standard InChI is InChI=1S/C16H11Cl2F3N2O2/c17-10-5-6-12(18)11(7-10)14(24)22-8-9-3-1-2-4-13(9)23-15(25)16(19,20)21/h1-7H,8H2,(H,22,24)(H,23,25). The van der Waals surface area contributed by atoms with E-state index in [0.717, 1.165) is 0 Å². The van der Waals surface area contributed by atoms with E-state index in [0.29, 0.717) is 10.6 Å². The summed E-state index contributed by atoms with van der Waals surface area (Å²) in [7, 11) is 0. The highest BCUT2D eigenvalue weighted by Crippen LogP contribution is 2.22. The molecule has 2 aromatic rings. The normalized spacial score (nSPS) is 11.1. The van der Waals surface area contributed by atoms with Crippen molar-refractivity contribution in [2.75, 3.05) is 5.32 Å². The van der Waals surface area contributed by atoms with Crippen LogP contribution >= 0.6 is 23.2 Å². The highest BCUT2D eigenvalue weighted by molar-refractivity contribution is 6.35. The molecular formula is C16H11Cl2F3N2O2. The number of carbonyl (C=O) groups excluding carboxylic acids is 2. The second-order valence-corrected chi connectivity index (χ2v) is 5.76. The Morgan fingerprint density at radius 1 is 1.04 bits per heavy atom. The molecule has 2 rings (SSSR count). The van der Waals surface area contributed by atoms with Crippen molar-refractivity contribution >= 4 is 40.7 Å². The number of hydrogen-bond donors (Lipinski definition) is 2. The quantitative estimate of drug-likeness (QED) is 0.811. The van der Waals surface area contributed by atoms with Crippen LogP contribution in [0.3, 0.4) is 0 Å². The van der Waals surface area contributed by atoms with Gasteiger partial charge in [0.1, 0.15) is 0 Å². The molecule has 0 unspecified atom stereocenters. The summed E-state index contributed by atoms with van der Waals surface area (Å²) in [6, 6.07) is 10.2. The minimum Gasteiger partial charge on any atom is -0.348 e. The number of amides is 2. The third-order valence-corrected chi connectivity index (χ3v) is 3.70. The van der Waals surface area contributed by atoms with Crippen LogP contribution in [0.15, 0.2) is 42.5 Å². The topological polar surface area (TPSA) is 58.2 Å². The molecule has 2 amide bonds. The zero-order valence-electron chi connectivity index (χ0n) is 12.5. The monoisotopic (exact) mass is 390 g/mol. The summed E-state index contributed by atoms with van der Waals surface area (Å²) < 4.78 is 37.1. The maximum Gasteiger partial charge on any atom is 0.471 e. The lowest BCUT2D eigenvalue weighted by molar-refractivity contribution is -0.167. The third-order valence-electron chi connectivity index (χ3n) is 3.14. The molecule has 0 saturated heterocycles. The Hall–Kier alpha value is -2.25. The van der Waals surface area contributed by atoms with Crippen LogP contribution in [0.5, 0.6) is 0 Å². The van der Waals surface area contributed by atoms with Gasteiger partial charge in [0.2, 0.25) is 0 Å². The fourth-order valence-electron chi connectivity index (χ4n) is 1.93. The molecule has 132 valence electrons. The molecule has 4 nitrogen and oxygen atoms in total. The van der Waals surface area contributed by atoms with Crippen LogP contribution in [0.2, 0.25) is 10.0 Å². The predicted molar refractivity (Wildman–Crippen MR) is 88.8 cm³/mol. The van der Waals surface area contributed by atoms with Gasteiger partial charge in [-0.2, -0.15) is 13.2 Å². The smallest absolute Gasteiger partial charge is 0.348 e. The van der Waals surface area contributed by atoms with Crippen molar-refractivity contribution in [3.05, 3.63) is 63.6 Å². The predicted octanol–water partition coefficient (Wildman–Crippen LogP) is 4.42. The molecule has 0 atom stereocenters. The molecule has 0 aliphatic heterocycles. The maximum absolute atomic E-state index is 12.4. The number of anilines is 1. The zero-order valence-corrected chi connectivity index (χ0v) is 14.0. The van der Waals surface area contributed by atoms with E-state index in [1.54, 1.807) is 11.4 Å². The lowest BCUT2D eigenvalue weighted by Crippen LogP contribution is -2.31. The van der Waals surface area contributed by atoms with Gasteiger partial charge in [-0.3, -0.25) is 9.59 Å². The van der Waals surface area contributed by atoms with Crippen molar-refractivity contribution in [3.8, 4) is 0 Å². The van der Waals surface area contributed by atoms with Crippen molar-refractivity contribution in [1.29, 1.82) is 0 Å². The first-order chi connectivity index (χ1) is 11.7. The van der Waals surface area contributed by atoms with Gasteiger partial charge in [-0.25, -0.2) is 0 Å². The van der Waals surface area contributed by atoms with Gasteiger partial charge in [-0.15, -0.1) is 0 Å². The van der Waals surface area contributed by atoms with Crippen LogP contribution in [0.4, 0.5) is 18.9 Å². The van der Waals surface area contributed by atoms with Crippen LogP contribution in [0.1, 0.15) is 15.9 Å². The van der Waals surface area contributed by atoms with E-state index in [2.05, 4.69) is 5.32 Å². The lowest BCUT2D eigenvalue weighted by Gasteiger charge is -2.13. The minimum absolute atomic E-state index is 0.0534. The molecule has 0 aliphatic rings. The minimum atomic E-state index is -5.01. The summed E-state index contributed by atoms with van der Waals surface area (Å²) >= 11 is 11.7. The Morgan fingerprint density at radius 2 is 1.72 bits per heavy atom.